The third-order valence-electron chi connectivity index (χ3n) is 2.39. The number of hydrogen-bond donors (Lipinski definition) is 0. The average molecular weight is 234 g/mol. The molecule has 0 atom stereocenters. The van der Waals surface area contributed by atoms with Gasteiger partial charge in [-0.1, -0.05) is 18.2 Å². The van der Waals surface area contributed by atoms with E-state index in [0.717, 1.165) is 5.56 Å². The predicted octanol–water partition coefficient (Wildman–Crippen LogP) is 2.85. The number of benzene rings is 1. The van der Waals surface area contributed by atoms with E-state index in [-0.39, 0.29) is 5.78 Å². The first-order valence-corrected chi connectivity index (χ1v) is 5.42. The van der Waals surface area contributed by atoms with Gasteiger partial charge in [-0.05, 0) is 35.9 Å². The normalized spacial score (nSPS) is 10.2. The molecule has 0 bridgehead atoms. The molecule has 0 unspecified atom stereocenters. The Bertz CT molecular complexity index is 624. The number of pyridine rings is 1. The number of nitrogens with zero attached hydrogens (tertiary/aromatic N) is 2. The van der Waals surface area contributed by atoms with E-state index >= 15 is 0 Å². The Balaban J connectivity index is 2.16. The van der Waals surface area contributed by atoms with Crippen molar-refractivity contribution in [2.75, 3.05) is 0 Å². The van der Waals surface area contributed by atoms with E-state index in [1.807, 2.05) is 6.07 Å². The van der Waals surface area contributed by atoms with Crippen LogP contribution in [0, 0.1) is 11.3 Å². The van der Waals surface area contributed by atoms with Gasteiger partial charge in [0.15, 0.2) is 5.78 Å². The molecule has 1 heterocycles. The Morgan fingerprint density at radius 3 is 2.89 bits per heavy atom. The maximum atomic E-state index is 11.8. The van der Waals surface area contributed by atoms with Crippen LogP contribution in [0.25, 0.3) is 6.08 Å². The Morgan fingerprint density at radius 1 is 1.28 bits per heavy atom. The zero-order valence-electron chi connectivity index (χ0n) is 9.58. The second kappa shape index (κ2) is 5.55. The fourth-order valence-corrected chi connectivity index (χ4v) is 1.49. The van der Waals surface area contributed by atoms with E-state index in [9.17, 15) is 4.79 Å². The van der Waals surface area contributed by atoms with E-state index in [4.69, 9.17) is 5.26 Å². The van der Waals surface area contributed by atoms with E-state index in [1.165, 1.54) is 12.3 Å². The van der Waals surface area contributed by atoms with Crippen molar-refractivity contribution in [1.29, 1.82) is 5.26 Å². The Labute approximate surface area is 105 Å². The van der Waals surface area contributed by atoms with E-state index in [2.05, 4.69) is 11.1 Å². The molecule has 86 valence electrons. The summed E-state index contributed by atoms with van der Waals surface area (Å²) >= 11 is 0. The lowest BCUT2D eigenvalue weighted by molar-refractivity contribution is 0.104. The highest BCUT2D eigenvalue weighted by atomic mass is 16.1. The van der Waals surface area contributed by atoms with Gasteiger partial charge < -0.3 is 0 Å². The van der Waals surface area contributed by atoms with Gasteiger partial charge in [0.2, 0.25) is 0 Å². The lowest BCUT2D eigenvalue weighted by atomic mass is 10.1. The van der Waals surface area contributed by atoms with Gasteiger partial charge in [0.25, 0.3) is 0 Å². The maximum absolute atomic E-state index is 11.8. The monoisotopic (exact) mass is 234 g/mol. The summed E-state index contributed by atoms with van der Waals surface area (Å²) < 4.78 is 0. The third kappa shape index (κ3) is 2.89. The van der Waals surface area contributed by atoms with E-state index in [1.54, 1.807) is 42.6 Å². The highest BCUT2D eigenvalue weighted by Crippen LogP contribution is 2.07. The largest absolute Gasteiger partial charge is 0.289 e. The molecule has 1 aromatic heterocycles. The van der Waals surface area contributed by atoms with Crippen LogP contribution in [0.4, 0.5) is 0 Å². The van der Waals surface area contributed by atoms with Crippen LogP contribution in [0.5, 0.6) is 0 Å². The van der Waals surface area contributed by atoms with Crippen LogP contribution < -0.4 is 0 Å². The zero-order chi connectivity index (χ0) is 12.8. The lowest BCUT2D eigenvalue weighted by Gasteiger charge is -1.95. The van der Waals surface area contributed by atoms with Crippen molar-refractivity contribution in [3.05, 3.63) is 71.6 Å². The molecular formula is C15H10N2O. The van der Waals surface area contributed by atoms with Gasteiger partial charge in [-0.3, -0.25) is 9.78 Å². The molecule has 0 saturated heterocycles. The Morgan fingerprint density at radius 2 is 2.17 bits per heavy atom. The molecule has 2 rings (SSSR count). The second-order valence-corrected chi connectivity index (χ2v) is 3.68. The second-order valence-electron chi connectivity index (χ2n) is 3.68. The molecule has 0 fully saturated rings. The van der Waals surface area contributed by atoms with Gasteiger partial charge in [-0.2, -0.15) is 5.26 Å². The van der Waals surface area contributed by atoms with Crippen molar-refractivity contribution in [3.63, 3.8) is 0 Å². The molecule has 0 N–H and O–H groups in total. The van der Waals surface area contributed by atoms with Gasteiger partial charge >= 0.3 is 0 Å². The summed E-state index contributed by atoms with van der Waals surface area (Å²) in [5.74, 6) is -0.106. The summed E-state index contributed by atoms with van der Waals surface area (Å²) in [6.07, 6.45) is 6.32. The fourth-order valence-electron chi connectivity index (χ4n) is 1.49. The van der Waals surface area contributed by atoms with Crippen LogP contribution in [-0.2, 0) is 0 Å². The molecule has 0 aliphatic carbocycles. The number of hydrogen-bond acceptors (Lipinski definition) is 3. The Hall–Kier alpha value is -2.73. The minimum Gasteiger partial charge on any atom is -0.289 e. The van der Waals surface area contributed by atoms with Crippen LogP contribution in [0.2, 0.25) is 0 Å². The van der Waals surface area contributed by atoms with Gasteiger partial charge in [-0.15, -0.1) is 0 Å². The highest BCUT2D eigenvalue weighted by Gasteiger charge is 2.00. The SMILES string of the molecule is N#Cc1cccc(/C=C\C(=O)c2cccnc2)c1. The minimum atomic E-state index is -0.106. The first-order chi connectivity index (χ1) is 8.79. The third-order valence-corrected chi connectivity index (χ3v) is 2.39. The van der Waals surface area contributed by atoms with Gasteiger partial charge in [-0.25, -0.2) is 0 Å². The molecular weight excluding hydrogens is 224 g/mol. The van der Waals surface area contributed by atoms with Crippen molar-refractivity contribution in [2.24, 2.45) is 0 Å². The molecule has 0 saturated carbocycles. The summed E-state index contributed by atoms with van der Waals surface area (Å²) in [5.41, 5.74) is 1.95. The highest BCUT2D eigenvalue weighted by molar-refractivity contribution is 6.06. The molecule has 0 amide bonds. The van der Waals surface area contributed by atoms with Gasteiger partial charge in [0.1, 0.15) is 0 Å². The number of aromatic nitrogens is 1. The number of nitriles is 1. The number of allylic oxidation sites excluding steroid dienone is 1. The standard InChI is InChI=1S/C15H10N2O/c16-10-13-4-1-3-12(9-13)6-7-15(18)14-5-2-8-17-11-14/h1-9,11H/b7-6-. The first kappa shape index (κ1) is 11.7. The van der Waals surface area contributed by atoms with Gasteiger partial charge in [0.05, 0.1) is 11.6 Å². The predicted molar refractivity (Wildman–Crippen MR) is 68.8 cm³/mol. The number of carbonyl (C=O) groups is 1. The molecule has 0 radical (unpaired) electrons. The number of rotatable bonds is 3. The summed E-state index contributed by atoms with van der Waals surface area (Å²) in [6.45, 7) is 0. The molecule has 18 heavy (non-hydrogen) atoms. The van der Waals surface area contributed by atoms with Crippen LogP contribution in [0.3, 0.4) is 0 Å². The Kier molecular flexibility index (Phi) is 3.62. The van der Waals surface area contributed by atoms with Crippen molar-refractivity contribution in [1.82, 2.24) is 4.98 Å². The first-order valence-electron chi connectivity index (χ1n) is 5.42. The lowest BCUT2D eigenvalue weighted by Crippen LogP contribution is -1.94. The molecule has 2 aromatic rings. The maximum Gasteiger partial charge on any atom is 0.187 e. The minimum absolute atomic E-state index is 0.106. The fraction of sp³-hybridized carbons (Fsp3) is 0. The van der Waals surface area contributed by atoms with Crippen LogP contribution in [-0.4, -0.2) is 10.8 Å². The van der Waals surface area contributed by atoms with Crippen LogP contribution in [0.15, 0.2) is 54.9 Å². The van der Waals surface area contributed by atoms with Crippen molar-refractivity contribution < 1.29 is 4.79 Å². The zero-order valence-corrected chi connectivity index (χ0v) is 9.58. The van der Waals surface area contributed by atoms with Crippen molar-refractivity contribution >= 4 is 11.9 Å². The van der Waals surface area contributed by atoms with Crippen molar-refractivity contribution in [2.45, 2.75) is 0 Å². The summed E-state index contributed by atoms with van der Waals surface area (Å²) in [7, 11) is 0. The van der Waals surface area contributed by atoms with Crippen LogP contribution in [0.1, 0.15) is 21.5 Å². The van der Waals surface area contributed by atoms with Crippen molar-refractivity contribution in [3.8, 4) is 6.07 Å². The molecule has 3 heteroatoms. The molecule has 0 spiro atoms. The quantitative estimate of drug-likeness (QED) is 0.606. The van der Waals surface area contributed by atoms with Crippen LogP contribution >= 0.6 is 0 Å². The topological polar surface area (TPSA) is 53.8 Å². The molecule has 0 aliphatic heterocycles. The number of carbonyl (C=O) groups excluding carboxylic acids is 1. The summed E-state index contributed by atoms with van der Waals surface area (Å²) in [6, 6.07) is 12.6. The van der Waals surface area contributed by atoms with E-state index < -0.39 is 0 Å². The number of ketones is 1. The van der Waals surface area contributed by atoms with E-state index in [0.29, 0.717) is 11.1 Å². The average Bonchev–Trinajstić information content (AvgIpc) is 2.46. The summed E-state index contributed by atoms with van der Waals surface area (Å²) in [5, 5.41) is 8.77. The summed E-state index contributed by atoms with van der Waals surface area (Å²) in [4.78, 5) is 15.7. The molecule has 3 nitrogen and oxygen atoms in total. The van der Waals surface area contributed by atoms with Gasteiger partial charge in [0, 0.05) is 18.0 Å². The molecule has 1 aromatic carbocycles. The smallest absolute Gasteiger partial charge is 0.187 e. The molecule has 0 aliphatic rings.